The molecule has 0 radical (unpaired) electrons. The highest BCUT2D eigenvalue weighted by atomic mass is 32.2. The molecule has 0 aliphatic carbocycles. The quantitative estimate of drug-likeness (QED) is 0.836. The summed E-state index contributed by atoms with van der Waals surface area (Å²) in [5.41, 5.74) is 0. The topological polar surface area (TPSA) is 55.4 Å². The van der Waals surface area contributed by atoms with Gasteiger partial charge in [0, 0.05) is 0 Å². The first-order chi connectivity index (χ1) is 6.81. The normalized spacial score (nSPS) is 13.0. The van der Waals surface area contributed by atoms with Crippen molar-refractivity contribution in [3.05, 3.63) is 17.5 Å². The van der Waals surface area contributed by atoms with Crippen molar-refractivity contribution in [3.63, 3.8) is 0 Å². The van der Waals surface area contributed by atoms with Crippen LogP contribution < -0.4 is 4.89 Å². The van der Waals surface area contributed by atoms with Gasteiger partial charge in [0.25, 0.3) is 10.0 Å². The van der Waals surface area contributed by atoms with Crippen LogP contribution in [-0.4, -0.2) is 21.2 Å². The number of alkyl halides is 3. The lowest BCUT2D eigenvalue weighted by Gasteiger charge is -2.07. The maximum Gasteiger partial charge on any atom is 0.413 e. The summed E-state index contributed by atoms with van der Waals surface area (Å²) in [6.45, 7) is -1.67. The Morgan fingerprint density at radius 1 is 1.47 bits per heavy atom. The molecule has 86 valence electrons. The summed E-state index contributed by atoms with van der Waals surface area (Å²) >= 11 is 0.876. The summed E-state index contributed by atoms with van der Waals surface area (Å²) in [7, 11) is -3.99. The summed E-state index contributed by atoms with van der Waals surface area (Å²) in [6, 6.07) is 2.72. The zero-order valence-electron chi connectivity index (χ0n) is 7.11. The van der Waals surface area contributed by atoms with Crippen LogP contribution >= 0.6 is 11.3 Å². The summed E-state index contributed by atoms with van der Waals surface area (Å²) in [6.07, 6.45) is -4.57. The molecule has 0 atom stereocenters. The Morgan fingerprint density at radius 3 is 2.60 bits per heavy atom. The summed E-state index contributed by atoms with van der Waals surface area (Å²) < 4.78 is 57.1. The van der Waals surface area contributed by atoms with Gasteiger partial charge >= 0.3 is 6.18 Å². The Morgan fingerprint density at radius 2 is 2.13 bits per heavy atom. The van der Waals surface area contributed by atoms with Crippen molar-refractivity contribution in [3.8, 4) is 0 Å². The molecule has 0 unspecified atom stereocenters. The molecule has 0 saturated carbocycles. The van der Waals surface area contributed by atoms with Gasteiger partial charge in [0.1, 0.15) is 4.21 Å². The molecule has 0 spiro atoms. The molecule has 1 aromatic rings. The summed E-state index contributed by atoms with van der Waals surface area (Å²) in [4.78, 5) is 5.21. The van der Waals surface area contributed by atoms with Gasteiger partial charge in [0.2, 0.25) is 0 Å². The molecule has 0 bridgehead atoms. The fourth-order valence-corrected chi connectivity index (χ4v) is 2.42. The zero-order valence-corrected chi connectivity index (χ0v) is 8.75. The molecule has 0 aromatic carbocycles. The monoisotopic (exact) mass is 261 g/mol. The Labute approximate surface area is 87.7 Å². The highest BCUT2D eigenvalue weighted by Crippen LogP contribution is 2.17. The molecule has 1 rings (SSSR count). The minimum absolute atomic E-state index is 0.107. The fraction of sp³-hybridized carbons (Fsp3) is 0.333. The first-order valence-corrected chi connectivity index (χ1v) is 5.91. The largest absolute Gasteiger partial charge is 0.413 e. The lowest BCUT2D eigenvalue weighted by atomic mass is 10.7. The number of rotatable bonds is 4. The Hall–Kier alpha value is -0.640. The van der Waals surface area contributed by atoms with E-state index in [1.54, 1.807) is 0 Å². The van der Waals surface area contributed by atoms with Crippen LogP contribution in [0.5, 0.6) is 0 Å². The van der Waals surface area contributed by atoms with Crippen LogP contribution in [0.15, 0.2) is 21.7 Å². The van der Waals surface area contributed by atoms with Crippen molar-refractivity contribution in [2.75, 3.05) is 6.61 Å². The molecular formula is C6H6F3NO3S2. The molecule has 0 aliphatic rings. The van der Waals surface area contributed by atoms with Gasteiger partial charge < -0.3 is 0 Å². The predicted octanol–water partition coefficient (Wildman–Crippen LogP) is 1.52. The number of hydrogen-bond acceptors (Lipinski definition) is 4. The van der Waals surface area contributed by atoms with Crippen molar-refractivity contribution in [1.82, 2.24) is 4.89 Å². The third kappa shape index (κ3) is 4.16. The third-order valence-electron chi connectivity index (χ3n) is 1.16. The molecule has 1 heterocycles. The van der Waals surface area contributed by atoms with Crippen molar-refractivity contribution in [1.29, 1.82) is 0 Å². The van der Waals surface area contributed by atoms with E-state index in [1.807, 2.05) is 0 Å². The number of hydrogen-bond donors (Lipinski definition) is 1. The lowest BCUT2D eigenvalue weighted by molar-refractivity contribution is -0.181. The molecule has 0 amide bonds. The number of nitrogens with one attached hydrogen (secondary N) is 1. The first-order valence-electron chi connectivity index (χ1n) is 3.55. The second kappa shape index (κ2) is 4.47. The molecule has 0 aliphatic heterocycles. The van der Waals surface area contributed by atoms with Crippen LogP contribution in [0.1, 0.15) is 0 Å². The van der Waals surface area contributed by atoms with Gasteiger partial charge in [-0.15, -0.1) is 11.3 Å². The van der Waals surface area contributed by atoms with E-state index in [0.717, 1.165) is 11.3 Å². The Balaban J connectivity index is 2.53. The van der Waals surface area contributed by atoms with Gasteiger partial charge in [-0.2, -0.15) is 13.2 Å². The molecule has 4 nitrogen and oxygen atoms in total. The van der Waals surface area contributed by atoms with Crippen molar-refractivity contribution < 1.29 is 26.4 Å². The van der Waals surface area contributed by atoms with Gasteiger partial charge in [-0.3, -0.25) is 4.84 Å². The average molecular weight is 261 g/mol. The second-order valence-corrected chi connectivity index (χ2v) is 5.24. The molecule has 15 heavy (non-hydrogen) atoms. The Bertz CT molecular complexity index is 398. The summed E-state index contributed by atoms with van der Waals surface area (Å²) in [5, 5.41) is 1.48. The van der Waals surface area contributed by atoms with Crippen LogP contribution in [0.4, 0.5) is 13.2 Å². The van der Waals surface area contributed by atoms with Crippen molar-refractivity contribution in [2.24, 2.45) is 0 Å². The highest BCUT2D eigenvalue weighted by molar-refractivity contribution is 7.91. The van der Waals surface area contributed by atoms with E-state index in [4.69, 9.17) is 0 Å². The van der Waals surface area contributed by atoms with Crippen LogP contribution in [-0.2, 0) is 14.9 Å². The van der Waals surface area contributed by atoms with Crippen LogP contribution in [0.25, 0.3) is 0 Å². The van der Waals surface area contributed by atoms with Crippen LogP contribution in [0.3, 0.4) is 0 Å². The molecule has 1 N–H and O–H groups in total. The SMILES string of the molecule is O=S(=O)(NOCC(F)(F)F)c1cccs1. The fourth-order valence-electron chi connectivity index (χ4n) is 0.646. The second-order valence-electron chi connectivity index (χ2n) is 2.42. The molecule has 9 heteroatoms. The van der Waals surface area contributed by atoms with E-state index in [2.05, 4.69) is 4.84 Å². The van der Waals surface area contributed by atoms with E-state index in [9.17, 15) is 21.6 Å². The molecular weight excluding hydrogens is 255 g/mol. The smallest absolute Gasteiger partial charge is 0.277 e. The van der Waals surface area contributed by atoms with Crippen molar-refractivity contribution >= 4 is 21.4 Å². The van der Waals surface area contributed by atoms with E-state index >= 15 is 0 Å². The van der Waals surface area contributed by atoms with E-state index in [0.29, 0.717) is 0 Å². The van der Waals surface area contributed by atoms with Gasteiger partial charge in [-0.05, 0) is 11.4 Å². The number of sulfonamides is 1. The maximum absolute atomic E-state index is 11.6. The minimum atomic E-state index is -4.57. The zero-order chi connectivity index (χ0) is 11.5. The maximum atomic E-state index is 11.6. The molecule has 1 aromatic heterocycles. The van der Waals surface area contributed by atoms with Crippen molar-refractivity contribution in [2.45, 2.75) is 10.4 Å². The van der Waals surface area contributed by atoms with Crippen LogP contribution in [0, 0.1) is 0 Å². The van der Waals surface area contributed by atoms with Gasteiger partial charge in [-0.25, -0.2) is 8.42 Å². The summed E-state index contributed by atoms with van der Waals surface area (Å²) in [5.74, 6) is 0. The average Bonchev–Trinajstić information content (AvgIpc) is 2.52. The third-order valence-corrected chi connectivity index (χ3v) is 3.78. The standard InChI is InChI=1S/C6H6F3NO3S2/c7-6(8,9)4-13-10-15(11,12)5-2-1-3-14-5/h1-3,10H,4H2. The molecule has 0 saturated heterocycles. The highest BCUT2D eigenvalue weighted by Gasteiger charge is 2.29. The number of thiophene rings is 1. The predicted molar refractivity (Wildman–Crippen MR) is 46.6 cm³/mol. The van der Waals surface area contributed by atoms with Gasteiger partial charge in [-0.1, -0.05) is 11.0 Å². The van der Waals surface area contributed by atoms with Gasteiger partial charge in [0.15, 0.2) is 6.61 Å². The number of halogens is 3. The van der Waals surface area contributed by atoms with Gasteiger partial charge in [0.05, 0.1) is 0 Å². The van der Waals surface area contributed by atoms with Crippen LogP contribution in [0.2, 0.25) is 0 Å². The minimum Gasteiger partial charge on any atom is -0.277 e. The lowest BCUT2D eigenvalue weighted by Crippen LogP contribution is -2.29. The van der Waals surface area contributed by atoms with E-state index in [-0.39, 0.29) is 4.21 Å². The Kier molecular flexibility index (Phi) is 3.71. The first kappa shape index (κ1) is 12.4. The molecule has 0 fully saturated rings. The van der Waals surface area contributed by atoms with E-state index < -0.39 is 22.8 Å². The van der Waals surface area contributed by atoms with E-state index in [1.165, 1.54) is 22.4 Å².